The van der Waals surface area contributed by atoms with Gasteiger partial charge in [-0.15, -0.1) is 0 Å². The Labute approximate surface area is 113 Å². The molecule has 0 aromatic heterocycles. The third-order valence-electron chi connectivity index (χ3n) is 3.69. The second-order valence-corrected chi connectivity index (χ2v) is 5.36. The Balaban J connectivity index is 2.32. The maximum atomic E-state index is 14.5. The second kappa shape index (κ2) is 5.45. The number of methoxy groups -OCH3 is 1. The molecule has 1 atom stereocenters. The summed E-state index contributed by atoms with van der Waals surface area (Å²) in [6.07, 6.45) is 1.64. The van der Waals surface area contributed by atoms with Gasteiger partial charge < -0.3 is 10.1 Å². The van der Waals surface area contributed by atoms with Crippen LogP contribution in [0.1, 0.15) is 36.0 Å². The predicted molar refractivity (Wildman–Crippen MR) is 72.0 cm³/mol. The fraction of sp³-hybridized carbons (Fsp3) is 0.600. The minimum atomic E-state index is -2.86. The lowest BCUT2D eigenvalue weighted by molar-refractivity contribution is -0.0238. The molecule has 1 unspecified atom stereocenters. The number of hydrogen-bond acceptors (Lipinski definition) is 2. The van der Waals surface area contributed by atoms with E-state index in [1.165, 1.54) is 7.11 Å². The van der Waals surface area contributed by atoms with Crippen LogP contribution < -0.4 is 10.1 Å². The maximum absolute atomic E-state index is 14.5. The molecule has 1 aliphatic heterocycles. The number of rotatable bonds is 4. The summed E-state index contributed by atoms with van der Waals surface area (Å²) in [5, 5.41) is 3.13. The summed E-state index contributed by atoms with van der Waals surface area (Å²) in [5.41, 5.74) is 1.57. The number of alkyl halides is 2. The van der Waals surface area contributed by atoms with Gasteiger partial charge in [0.2, 0.25) is 0 Å². The van der Waals surface area contributed by atoms with Crippen molar-refractivity contribution in [2.45, 2.75) is 45.1 Å². The first kappa shape index (κ1) is 14.3. The molecule has 0 saturated carbocycles. The van der Waals surface area contributed by atoms with Crippen molar-refractivity contribution in [2.24, 2.45) is 0 Å². The molecule has 2 rings (SSSR count). The van der Waals surface area contributed by atoms with Crippen molar-refractivity contribution >= 4 is 0 Å². The molecule has 106 valence electrons. The molecule has 0 amide bonds. The third kappa shape index (κ3) is 3.06. The Morgan fingerprint density at radius 1 is 1.37 bits per heavy atom. The first-order valence-corrected chi connectivity index (χ1v) is 6.71. The number of hydrogen-bond donors (Lipinski definition) is 1. The number of benzene rings is 1. The highest BCUT2D eigenvalue weighted by atomic mass is 19.3. The molecule has 1 aliphatic rings. The smallest absolute Gasteiger partial charge is 0.278 e. The van der Waals surface area contributed by atoms with Gasteiger partial charge in [0.15, 0.2) is 0 Å². The van der Waals surface area contributed by atoms with E-state index in [0.717, 1.165) is 24.9 Å². The highest BCUT2D eigenvalue weighted by Crippen LogP contribution is 2.42. The summed E-state index contributed by atoms with van der Waals surface area (Å²) in [7, 11) is 1.45. The molecule has 4 heteroatoms. The zero-order valence-electron chi connectivity index (χ0n) is 11.7. The maximum Gasteiger partial charge on any atom is 0.278 e. The zero-order chi connectivity index (χ0) is 14.0. The van der Waals surface area contributed by atoms with Gasteiger partial charge in [0.25, 0.3) is 5.92 Å². The monoisotopic (exact) mass is 269 g/mol. The predicted octanol–water partition coefficient (Wildman–Crippen LogP) is 3.55. The van der Waals surface area contributed by atoms with Crippen molar-refractivity contribution in [3.05, 3.63) is 28.8 Å². The van der Waals surface area contributed by atoms with E-state index in [0.29, 0.717) is 11.3 Å². The Bertz CT molecular complexity index is 454. The fourth-order valence-corrected chi connectivity index (χ4v) is 2.90. The Morgan fingerprint density at radius 2 is 2.11 bits per heavy atom. The molecule has 1 aromatic carbocycles. The standard InChI is InChI=1S/C15H21F2NO/c1-10-7-11(2)14(13(8-10)19-3)15(16,17)9-12-5-4-6-18-12/h7-8,12,18H,4-6,9H2,1-3H3. The molecule has 0 spiro atoms. The first-order chi connectivity index (χ1) is 8.94. The van der Waals surface area contributed by atoms with Crippen molar-refractivity contribution in [2.75, 3.05) is 13.7 Å². The van der Waals surface area contributed by atoms with Crippen LogP contribution in [0.25, 0.3) is 0 Å². The van der Waals surface area contributed by atoms with Gasteiger partial charge in [-0.05, 0) is 50.4 Å². The summed E-state index contributed by atoms with van der Waals surface area (Å²) < 4.78 is 34.2. The van der Waals surface area contributed by atoms with Crippen molar-refractivity contribution in [1.82, 2.24) is 5.32 Å². The SMILES string of the molecule is COc1cc(C)cc(C)c1C(F)(F)CC1CCCN1. The number of aryl methyl sites for hydroxylation is 2. The molecule has 2 nitrogen and oxygen atoms in total. The van der Waals surface area contributed by atoms with E-state index in [1.807, 2.05) is 6.92 Å². The summed E-state index contributed by atoms with van der Waals surface area (Å²) >= 11 is 0. The van der Waals surface area contributed by atoms with Gasteiger partial charge in [0.05, 0.1) is 12.7 Å². The van der Waals surface area contributed by atoms with Crippen LogP contribution in [0.2, 0.25) is 0 Å². The van der Waals surface area contributed by atoms with Crippen molar-refractivity contribution < 1.29 is 13.5 Å². The summed E-state index contributed by atoms with van der Waals surface area (Å²) in [6, 6.07) is 3.37. The molecule has 1 saturated heterocycles. The summed E-state index contributed by atoms with van der Waals surface area (Å²) in [4.78, 5) is 0. The van der Waals surface area contributed by atoms with E-state index in [-0.39, 0.29) is 18.0 Å². The van der Waals surface area contributed by atoms with Crippen LogP contribution in [0, 0.1) is 13.8 Å². The van der Waals surface area contributed by atoms with Gasteiger partial charge in [-0.1, -0.05) is 6.07 Å². The molecule has 0 bridgehead atoms. The van der Waals surface area contributed by atoms with Gasteiger partial charge in [-0.25, -0.2) is 8.78 Å². The Morgan fingerprint density at radius 3 is 2.68 bits per heavy atom. The number of nitrogens with one attached hydrogen (secondary N) is 1. The quantitative estimate of drug-likeness (QED) is 0.902. The van der Waals surface area contributed by atoms with Crippen LogP contribution >= 0.6 is 0 Å². The average molecular weight is 269 g/mol. The molecular weight excluding hydrogens is 248 g/mol. The van der Waals surface area contributed by atoms with Gasteiger partial charge in [-0.3, -0.25) is 0 Å². The highest BCUT2D eigenvalue weighted by molar-refractivity contribution is 5.45. The van der Waals surface area contributed by atoms with Gasteiger partial charge in [0.1, 0.15) is 5.75 Å². The van der Waals surface area contributed by atoms with Crippen LogP contribution in [0.3, 0.4) is 0 Å². The lowest BCUT2D eigenvalue weighted by Crippen LogP contribution is -2.30. The van der Waals surface area contributed by atoms with Gasteiger partial charge in [-0.2, -0.15) is 0 Å². The van der Waals surface area contributed by atoms with E-state index in [1.54, 1.807) is 19.1 Å². The van der Waals surface area contributed by atoms with Gasteiger partial charge >= 0.3 is 0 Å². The Hall–Kier alpha value is -1.16. The van der Waals surface area contributed by atoms with Crippen LogP contribution in [0.15, 0.2) is 12.1 Å². The second-order valence-electron chi connectivity index (χ2n) is 5.36. The molecule has 0 aliphatic carbocycles. The number of ether oxygens (including phenoxy) is 1. The zero-order valence-corrected chi connectivity index (χ0v) is 11.7. The molecule has 1 heterocycles. The van der Waals surface area contributed by atoms with Crippen molar-refractivity contribution in [3.8, 4) is 5.75 Å². The normalized spacial score (nSPS) is 19.7. The molecule has 1 fully saturated rings. The highest BCUT2D eigenvalue weighted by Gasteiger charge is 2.39. The number of halogens is 2. The van der Waals surface area contributed by atoms with Crippen molar-refractivity contribution in [1.29, 1.82) is 0 Å². The largest absolute Gasteiger partial charge is 0.496 e. The first-order valence-electron chi connectivity index (χ1n) is 6.71. The minimum absolute atomic E-state index is 0.0364. The lowest BCUT2D eigenvalue weighted by Gasteiger charge is -2.24. The van der Waals surface area contributed by atoms with Crippen molar-refractivity contribution in [3.63, 3.8) is 0 Å². The molecule has 0 radical (unpaired) electrons. The molecular formula is C15H21F2NO. The molecule has 19 heavy (non-hydrogen) atoms. The van der Waals surface area contributed by atoms with Crippen LogP contribution in [0.5, 0.6) is 5.75 Å². The minimum Gasteiger partial charge on any atom is -0.496 e. The third-order valence-corrected chi connectivity index (χ3v) is 3.69. The van der Waals surface area contributed by atoms with E-state index < -0.39 is 5.92 Å². The molecule has 1 aromatic rings. The van der Waals surface area contributed by atoms with Crippen LogP contribution in [-0.4, -0.2) is 19.7 Å². The van der Waals surface area contributed by atoms with E-state index in [2.05, 4.69) is 5.32 Å². The average Bonchev–Trinajstić information content (AvgIpc) is 2.79. The fourth-order valence-electron chi connectivity index (χ4n) is 2.90. The Kier molecular flexibility index (Phi) is 4.09. The van der Waals surface area contributed by atoms with Crippen LogP contribution in [0.4, 0.5) is 8.78 Å². The summed E-state index contributed by atoms with van der Waals surface area (Å²) in [5.74, 6) is -2.56. The van der Waals surface area contributed by atoms with Gasteiger partial charge in [0, 0.05) is 12.5 Å². The van der Waals surface area contributed by atoms with E-state index >= 15 is 0 Å². The topological polar surface area (TPSA) is 21.3 Å². The lowest BCUT2D eigenvalue weighted by atomic mass is 9.94. The van der Waals surface area contributed by atoms with Crippen LogP contribution in [-0.2, 0) is 5.92 Å². The summed E-state index contributed by atoms with van der Waals surface area (Å²) in [6.45, 7) is 4.45. The van der Waals surface area contributed by atoms with E-state index in [4.69, 9.17) is 4.74 Å². The van der Waals surface area contributed by atoms with E-state index in [9.17, 15) is 8.78 Å². The molecule has 1 N–H and O–H groups in total.